The second-order valence-electron chi connectivity index (χ2n) is 6.04. The van der Waals surface area contributed by atoms with Gasteiger partial charge in [0.15, 0.2) is 11.5 Å². The molecular weight excluding hydrogens is 338 g/mol. The van der Waals surface area contributed by atoms with Crippen molar-refractivity contribution in [2.45, 2.75) is 31.8 Å². The van der Waals surface area contributed by atoms with Crippen molar-refractivity contribution < 1.29 is 19.4 Å². The Hall–Kier alpha value is -2.05. The number of methoxy groups -OCH3 is 1. The molecule has 1 aromatic carbocycles. The molecule has 1 aliphatic rings. The zero-order valence-corrected chi connectivity index (χ0v) is 15.3. The molecule has 0 amide bonds. The van der Waals surface area contributed by atoms with Crippen LogP contribution in [-0.2, 0) is 4.79 Å². The van der Waals surface area contributed by atoms with E-state index in [0.717, 1.165) is 24.1 Å². The van der Waals surface area contributed by atoms with Crippen molar-refractivity contribution in [1.29, 1.82) is 0 Å². The van der Waals surface area contributed by atoms with Crippen LogP contribution in [-0.4, -0.2) is 42.3 Å². The molecule has 2 aromatic rings. The van der Waals surface area contributed by atoms with Gasteiger partial charge in [0.1, 0.15) is 6.04 Å². The van der Waals surface area contributed by atoms with Gasteiger partial charge in [0.25, 0.3) is 0 Å². The fourth-order valence-electron chi connectivity index (χ4n) is 3.50. The minimum Gasteiger partial charge on any atom is -0.493 e. The Balaban J connectivity index is 2.04. The van der Waals surface area contributed by atoms with Crippen molar-refractivity contribution in [3.8, 4) is 11.5 Å². The predicted octanol–water partition coefficient (Wildman–Crippen LogP) is 3.79. The number of benzene rings is 1. The third-order valence-electron chi connectivity index (χ3n) is 4.57. The number of thiophene rings is 1. The molecule has 0 radical (unpaired) electrons. The number of likely N-dealkylation sites (tertiary alicyclic amines) is 1. The maximum absolute atomic E-state index is 11.7. The summed E-state index contributed by atoms with van der Waals surface area (Å²) in [5.41, 5.74) is 2.14. The molecule has 1 aromatic heterocycles. The summed E-state index contributed by atoms with van der Waals surface area (Å²) in [5, 5.41) is 13.7. The first-order valence-electron chi connectivity index (χ1n) is 8.47. The molecule has 3 rings (SSSR count). The van der Waals surface area contributed by atoms with Crippen LogP contribution in [0.15, 0.2) is 35.0 Å². The van der Waals surface area contributed by atoms with E-state index >= 15 is 0 Å². The Kier molecular flexibility index (Phi) is 5.60. The smallest absolute Gasteiger partial charge is 0.320 e. The van der Waals surface area contributed by atoms with E-state index in [-0.39, 0.29) is 6.04 Å². The van der Waals surface area contributed by atoms with Crippen molar-refractivity contribution in [3.05, 3.63) is 46.2 Å². The largest absolute Gasteiger partial charge is 0.493 e. The second-order valence-corrected chi connectivity index (χ2v) is 6.82. The Bertz CT molecular complexity index is 716. The lowest BCUT2D eigenvalue weighted by molar-refractivity contribution is -0.142. The van der Waals surface area contributed by atoms with Gasteiger partial charge in [0.05, 0.1) is 19.8 Å². The van der Waals surface area contributed by atoms with Gasteiger partial charge in [-0.05, 0) is 59.9 Å². The topological polar surface area (TPSA) is 59.0 Å². The molecule has 134 valence electrons. The highest BCUT2D eigenvalue weighted by Gasteiger charge is 2.37. The average Bonchev–Trinajstić information content (AvgIpc) is 3.28. The van der Waals surface area contributed by atoms with Crippen LogP contribution >= 0.6 is 11.3 Å². The predicted molar refractivity (Wildman–Crippen MR) is 97.7 cm³/mol. The van der Waals surface area contributed by atoms with Gasteiger partial charge in [-0.25, -0.2) is 0 Å². The molecule has 25 heavy (non-hydrogen) atoms. The third kappa shape index (κ3) is 3.65. The normalized spacial score (nSPS) is 18.9. The van der Waals surface area contributed by atoms with Crippen LogP contribution in [0.2, 0.25) is 0 Å². The Morgan fingerprint density at radius 2 is 2.20 bits per heavy atom. The molecule has 1 saturated heterocycles. The van der Waals surface area contributed by atoms with Gasteiger partial charge < -0.3 is 14.6 Å². The summed E-state index contributed by atoms with van der Waals surface area (Å²) in [6.45, 7) is 3.25. The molecule has 0 spiro atoms. The van der Waals surface area contributed by atoms with Gasteiger partial charge in [-0.15, -0.1) is 0 Å². The highest BCUT2D eigenvalue weighted by molar-refractivity contribution is 7.08. The quantitative estimate of drug-likeness (QED) is 0.813. The highest BCUT2D eigenvalue weighted by atomic mass is 32.1. The van der Waals surface area contributed by atoms with Crippen LogP contribution < -0.4 is 9.47 Å². The molecule has 0 bridgehead atoms. The standard InChI is InChI=1S/C19H23NO4S/c1-3-24-17-11-13(6-7-16(17)23-2)18(14-8-10-25-12-14)20-9-4-5-15(20)19(21)22/h6-8,10-12,15,18H,3-5,9H2,1-2H3,(H,21,22). The van der Waals surface area contributed by atoms with Crippen LogP contribution in [0.5, 0.6) is 11.5 Å². The van der Waals surface area contributed by atoms with Crippen LogP contribution in [0.25, 0.3) is 0 Å². The van der Waals surface area contributed by atoms with E-state index in [1.165, 1.54) is 0 Å². The first-order chi connectivity index (χ1) is 12.2. The van der Waals surface area contributed by atoms with Gasteiger partial charge in [-0.1, -0.05) is 6.07 Å². The molecule has 2 heterocycles. The number of ether oxygens (including phenoxy) is 2. The molecule has 6 heteroatoms. The maximum Gasteiger partial charge on any atom is 0.320 e. The monoisotopic (exact) mass is 361 g/mol. The van der Waals surface area contributed by atoms with Gasteiger partial charge in [0, 0.05) is 6.54 Å². The first-order valence-corrected chi connectivity index (χ1v) is 9.41. The van der Waals surface area contributed by atoms with E-state index in [2.05, 4.69) is 16.3 Å². The van der Waals surface area contributed by atoms with Crippen LogP contribution in [0.1, 0.15) is 36.9 Å². The summed E-state index contributed by atoms with van der Waals surface area (Å²) in [6.07, 6.45) is 1.58. The van der Waals surface area contributed by atoms with Gasteiger partial charge in [-0.3, -0.25) is 9.69 Å². The summed E-state index contributed by atoms with van der Waals surface area (Å²) in [5.74, 6) is 0.621. The summed E-state index contributed by atoms with van der Waals surface area (Å²) >= 11 is 1.62. The van der Waals surface area contributed by atoms with Crippen molar-refractivity contribution in [2.75, 3.05) is 20.3 Å². The molecule has 5 nitrogen and oxygen atoms in total. The zero-order valence-electron chi connectivity index (χ0n) is 14.5. The summed E-state index contributed by atoms with van der Waals surface area (Å²) in [4.78, 5) is 13.8. The minimum absolute atomic E-state index is 0.0973. The van der Waals surface area contributed by atoms with Crippen molar-refractivity contribution in [1.82, 2.24) is 4.90 Å². The fraction of sp³-hybridized carbons (Fsp3) is 0.421. The average molecular weight is 361 g/mol. The lowest BCUT2D eigenvalue weighted by atomic mass is 9.98. The number of carboxylic acid groups (broad SMARTS) is 1. The van der Waals surface area contributed by atoms with Crippen molar-refractivity contribution in [2.24, 2.45) is 0 Å². The van der Waals surface area contributed by atoms with Gasteiger partial charge in [0.2, 0.25) is 0 Å². The molecule has 0 aliphatic carbocycles. The Morgan fingerprint density at radius 3 is 2.84 bits per heavy atom. The van der Waals surface area contributed by atoms with Crippen LogP contribution in [0.4, 0.5) is 0 Å². The van der Waals surface area contributed by atoms with Crippen LogP contribution in [0, 0.1) is 0 Å². The maximum atomic E-state index is 11.7. The van der Waals surface area contributed by atoms with Crippen molar-refractivity contribution in [3.63, 3.8) is 0 Å². The Labute approximate surface area is 151 Å². The number of hydrogen-bond donors (Lipinski definition) is 1. The van der Waals surface area contributed by atoms with E-state index in [9.17, 15) is 9.90 Å². The van der Waals surface area contributed by atoms with E-state index in [0.29, 0.717) is 24.5 Å². The third-order valence-corrected chi connectivity index (χ3v) is 5.27. The zero-order chi connectivity index (χ0) is 17.8. The number of hydrogen-bond acceptors (Lipinski definition) is 5. The molecule has 0 saturated carbocycles. The van der Waals surface area contributed by atoms with E-state index < -0.39 is 12.0 Å². The molecule has 2 unspecified atom stereocenters. The van der Waals surface area contributed by atoms with E-state index in [1.54, 1.807) is 18.4 Å². The number of aliphatic carboxylic acids is 1. The molecule has 1 N–H and O–H groups in total. The second kappa shape index (κ2) is 7.89. The number of carbonyl (C=O) groups is 1. The van der Waals surface area contributed by atoms with Gasteiger partial charge >= 0.3 is 5.97 Å². The Morgan fingerprint density at radius 1 is 1.36 bits per heavy atom. The number of carboxylic acids is 1. The van der Waals surface area contributed by atoms with Gasteiger partial charge in [-0.2, -0.15) is 11.3 Å². The highest BCUT2D eigenvalue weighted by Crippen LogP contribution is 2.39. The summed E-state index contributed by atoms with van der Waals surface area (Å²) in [6, 6.07) is 7.38. The lowest BCUT2D eigenvalue weighted by Gasteiger charge is -2.31. The SMILES string of the molecule is CCOc1cc(C(c2ccsc2)N2CCCC2C(=O)O)ccc1OC. The van der Waals surface area contributed by atoms with E-state index in [4.69, 9.17) is 9.47 Å². The molecule has 1 aliphatic heterocycles. The molecular formula is C19H23NO4S. The lowest BCUT2D eigenvalue weighted by Crippen LogP contribution is -2.39. The van der Waals surface area contributed by atoms with E-state index in [1.807, 2.05) is 30.5 Å². The molecule has 1 fully saturated rings. The van der Waals surface area contributed by atoms with Crippen LogP contribution in [0.3, 0.4) is 0 Å². The number of rotatable bonds is 7. The number of nitrogens with zero attached hydrogens (tertiary/aromatic N) is 1. The molecule has 2 atom stereocenters. The minimum atomic E-state index is -0.753. The fourth-order valence-corrected chi connectivity index (χ4v) is 4.18. The summed E-state index contributed by atoms with van der Waals surface area (Å²) in [7, 11) is 1.62. The first kappa shape index (κ1) is 17.8. The summed E-state index contributed by atoms with van der Waals surface area (Å²) < 4.78 is 11.1. The van der Waals surface area contributed by atoms with Crippen molar-refractivity contribution >= 4 is 17.3 Å².